The molecule has 0 amide bonds. The second-order valence-electron chi connectivity index (χ2n) is 4.32. The minimum atomic E-state index is -0.531. The van der Waals surface area contributed by atoms with Crippen LogP contribution in [0, 0.1) is 5.92 Å². The number of hydrogen-bond acceptors (Lipinski definition) is 4. The van der Waals surface area contributed by atoms with Gasteiger partial charge in [0.15, 0.2) is 11.6 Å². The molecule has 3 rings (SSSR count). The molecule has 0 fully saturated rings. The summed E-state index contributed by atoms with van der Waals surface area (Å²) in [5.41, 5.74) is 1.25. The number of carbonyl (C=O) groups is 2. The van der Waals surface area contributed by atoms with Crippen molar-refractivity contribution in [2.24, 2.45) is 5.92 Å². The van der Waals surface area contributed by atoms with Gasteiger partial charge in [0.25, 0.3) is 0 Å². The SMILES string of the molecule is O=C(c1cccnc1)C1CCc2sccc2C1=O. The number of fused-ring (bicyclic) bond motifs is 1. The van der Waals surface area contributed by atoms with Gasteiger partial charge < -0.3 is 0 Å². The Hall–Kier alpha value is -1.81. The van der Waals surface area contributed by atoms with Crippen LogP contribution in [0.4, 0.5) is 0 Å². The van der Waals surface area contributed by atoms with Gasteiger partial charge in [-0.2, -0.15) is 0 Å². The van der Waals surface area contributed by atoms with Crippen LogP contribution in [0.5, 0.6) is 0 Å². The van der Waals surface area contributed by atoms with Crippen molar-refractivity contribution in [2.75, 3.05) is 0 Å². The Kier molecular flexibility index (Phi) is 2.80. The maximum absolute atomic E-state index is 12.3. The second kappa shape index (κ2) is 4.46. The van der Waals surface area contributed by atoms with Gasteiger partial charge in [0.2, 0.25) is 0 Å². The van der Waals surface area contributed by atoms with Crippen molar-refractivity contribution in [1.82, 2.24) is 4.98 Å². The molecule has 0 radical (unpaired) electrons. The number of carbonyl (C=O) groups excluding carboxylic acids is 2. The molecule has 0 aliphatic heterocycles. The highest BCUT2D eigenvalue weighted by Gasteiger charge is 2.33. The van der Waals surface area contributed by atoms with Gasteiger partial charge in [-0.15, -0.1) is 11.3 Å². The molecular weight excluding hydrogens is 246 g/mol. The number of Topliss-reactive ketones (excluding diaryl/α,β-unsaturated/α-hetero) is 2. The predicted octanol–water partition coefficient (Wildman–Crippen LogP) is 2.77. The summed E-state index contributed by atoms with van der Waals surface area (Å²) < 4.78 is 0. The van der Waals surface area contributed by atoms with Crippen LogP contribution in [-0.2, 0) is 6.42 Å². The molecule has 18 heavy (non-hydrogen) atoms. The quantitative estimate of drug-likeness (QED) is 0.614. The zero-order chi connectivity index (χ0) is 12.5. The fourth-order valence-corrected chi connectivity index (χ4v) is 3.21. The molecule has 0 saturated heterocycles. The van der Waals surface area contributed by atoms with Gasteiger partial charge in [-0.1, -0.05) is 0 Å². The van der Waals surface area contributed by atoms with Gasteiger partial charge in [0.05, 0.1) is 5.92 Å². The topological polar surface area (TPSA) is 47.0 Å². The minimum absolute atomic E-state index is 0.0358. The molecule has 2 aromatic heterocycles. The molecule has 1 unspecified atom stereocenters. The Morgan fingerprint density at radius 2 is 2.28 bits per heavy atom. The molecule has 4 heteroatoms. The van der Waals surface area contributed by atoms with Gasteiger partial charge in [-0.3, -0.25) is 14.6 Å². The molecule has 3 nitrogen and oxygen atoms in total. The fourth-order valence-electron chi connectivity index (χ4n) is 2.31. The van der Waals surface area contributed by atoms with Gasteiger partial charge in [0, 0.05) is 28.4 Å². The molecule has 2 aromatic rings. The highest BCUT2D eigenvalue weighted by molar-refractivity contribution is 7.10. The lowest BCUT2D eigenvalue weighted by Crippen LogP contribution is -2.28. The number of rotatable bonds is 2. The van der Waals surface area contributed by atoms with Gasteiger partial charge in [0.1, 0.15) is 0 Å². The van der Waals surface area contributed by atoms with E-state index in [9.17, 15) is 9.59 Å². The Morgan fingerprint density at radius 1 is 1.39 bits per heavy atom. The van der Waals surface area contributed by atoms with Crippen LogP contribution in [0.2, 0.25) is 0 Å². The van der Waals surface area contributed by atoms with Crippen LogP contribution < -0.4 is 0 Å². The minimum Gasteiger partial charge on any atom is -0.293 e. The second-order valence-corrected chi connectivity index (χ2v) is 5.32. The number of thiophene rings is 1. The van der Waals surface area contributed by atoms with Crippen LogP contribution in [0.25, 0.3) is 0 Å². The molecule has 0 saturated carbocycles. The lowest BCUT2D eigenvalue weighted by atomic mass is 9.82. The van der Waals surface area contributed by atoms with Crippen LogP contribution in [0.15, 0.2) is 36.0 Å². The van der Waals surface area contributed by atoms with E-state index in [4.69, 9.17) is 0 Å². The molecule has 2 heterocycles. The molecule has 90 valence electrons. The first-order valence-electron chi connectivity index (χ1n) is 5.82. The predicted molar refractivity (Wildman–Crippen MR) is 69.0 cm³/mol. The summed E-state index contributed by atoms with van der Waals surface area (Å²) in [5.74, 6) is -0.674. The summed E-state index contributed by atoms with van der Waals surface area (Å²) in [4.78, 5) is 29.6. The largest absolute Gasteiger partial charge is 0.293 e. The van der Waals surface area contributed by atoms with E-state index < -0.39 is 5.92 Å². The van der Waals surface area contributed by atoms with Gasteiger partial charge in [-0.05, 0) is 36.4 Å². The zero-order valence-electron chi connectivity index (χ0n) is 9.63. The molecule has 0 N–H and O–H groups in total. The number of nitrogens with zero attached hydrogens (tertiary/aromatic N) is 1. The van der Waals surface area contributed by atoms with E-state index in [1.54, 1.807) is 29.7 Å². The monoisotopic (exact) mass is 257 g/mol. The average molecular weight is 257 g/mol. The summed E-state index contributed by atoms with van der Waals surface area (Å²) in [6.45, 7) is 0. The Balaban J connectivity index is 1.92. The van der Waals surface area contributed by atoms with Crippen LogP contribution in [0.3, 0.4) is 0 Å². The van der Waals surface area contributed by atoms with E-state index in [2.05, 4.69) is 4.98 Å². The van der Waals surface area contributed by atoms with Crippen molar-refractivity contribution in [1.29, 1.82) is 0 Å². The first-order chi connectivity index (χ1) is 8.77. The fraction of sp³-hybridized carbons (Fsp3) is 0.214. The lowest BCUT2D eigenvalue weighted by molar-refractivity contribution is 0.0791. The third-order valence-corrected chi connectivity index (χ3v) is 4.23. The Labute approximate surface area is 108 Å². The van der Waals surface area contributed by atoms with Crippen molar-refractivity contribution in [3.8, 4) is 0 Å². The van der Waals surface area contributed by atoms with Gasteiger partial charge >= 0.3 is 0 Å². The lowest BCUT2D eigenvalue weighted by Gasteiger charge is -2.19. The van der Waals surface area contributed by atoms with E-state index in [0.717, 1.165) is 16.9 Å². The number of ketones is 2. The molecule has 1 aliphatic carbocycles. The number of pyridine rings is 1. The molecular formula is C14H11NO2S. The van der Waals surface area contributed by atoms with Crippen molar-refractivity contribution in [2.45, 2.75) is 12.8 Å². The normalized spacial score (nSPS) is 18.4. The molecule has 0 bridgehead atoms. The van der Waals surface area contributed by atoms with E-state index in [1.807, 2.05) is 11.4 Å². The molecule has 0 aromatic carbocycles. The third-order valence-electron chi connectivity index (χ3n) is 3.25. The average Bonchev–Trinajstić information content (AvgIpc) is 2.89. The number of aromatic nitrogens is 1. The molecule has 1 aliphatic rings. The van der Waals surface area contributed by atoms with Crippen molar-refractivity contribution in [3.63, 3.8) is 0 Å². The van der Waals surface area contributed by atoms with E-state index >= 15 is 0 Å². The van der Waals surface area contributed by atoms with E-state index in [0.29, 0.717) is 12.0 Å². The number of hydrogen-bond donors (Lipinski definition) is 0. The smallest absolute Gasteiger partial charge is 0.175 e. The van der Waals surface area contributed by atoms with E-state index in [-0.39, 0.29) is 11.6 Å². The maximum atomic E-state index is 12.3. The van der Waals surface area contributed by atoms with Crippen molar-refractivity contribution in [3.05, 3.63) is 52.0 Å². The zero-order valence-corrected chi connectivity index (χ0v) is 10.4. The Morgan fingerprint density at radius 3 is 3.06 bits per heavy atom. The maximum Gasteiger partial charge on any atom is 0.175 e. The summed E-state index contributed by atoms with van der Waals surface area (Å²) in [6, 6.07) is 5.26. The third kappa shape index (κ3) is 1.78. The molecule has 1 atom stereocenters. The summed E-state index contributed by atoms with van der Waals surface area (Å²) in [7, 11) is 0. The highest BCUT2D eigenvalue weighted by atomic mass is 32.1. The summed E-state index contributed by atoms with van der Waals surface area (Å²) in [5, 5.41) is 1.92. The van der Waals surface area contributed by atoms with Crippen molar-refractivity contribution >= 4 is 22.9 Å². The van der Waals surface area contributed by atoms with E-state index in [1.165, 1.54) is 6.20 Å². The standard InChI is InChI=1S/C14H11NO2S/c16-13(9-2-1-6-15-8-9)11-3-4-12-10(14(11)17)5-7-18-12/h1-2,5-8,11H,3-4H2. The highest BCUT2D eigenvalue weighted by Crippen LogP contribution is 2.31. The van der Waals surface area contributed by atoms with Crippen molar-refractivity contribution < 1.29 is 9.59 Å². The number of aryl methyl sites for hydroxylation is 1. The van der Waals surface area contributed by atoms with Crippen LogP contribution in [-0.4, -0.2) is 16.6 Å². The first-order valence-corrected chi connectivity index (χ1v) is 6.70. The summed E-state index contributed by atoms with van der Waals surface area (Å²) >= 11 is 1.59. The van der Waals surface area contributed by atoms with Crippen LogP contribution in [0.1, 0.15) is 32.0 Å². The van der Waals surface area contributed by atoms with Crippen LogP contribution >= 0.6 is 11.3 Å². The molecule has 0 spiro atoms. The summed E-state index contributed by atoms with van der Waals surface area (Å²) in [6.07, 6.45) is 4.57. The Bertz CT molecular complexity index is 603. The first kappa shape index (κ1) is 11.3. The van der Waals surface area contributed by atoms with Gasteiger partial charge in [-0.25, -0.2) is 0 Å².